The predicted octanol–water partition coefficient (Wildman–Crippen LogP) is 1.17. The molecule has 20 heavy (non-hydrogen) atoms. The molecule has 0 bridgehead atoms. The molecule has 2 aromatic heterocycles. The van der Waals surface area contributed by atoms with E-state index in [1.165, 1.54) is 12.5 Å². The molecule has 1 amide bonds. The van der Waals surface area contributed by atoms with E-state index < -0.39 is 5.97 Å². The Morgan fingerprint density at radius 3 is 2.85 bits per heavy atom. The van der Waals surface area contributed by atoms with Crippen molar-refractivity contribution >= 4 is 27.8 Å². The average Bonchev–Trinajstić information content (AvgIpc) is 2.88. The first-order valence-corrected chi connectivity index (χ1v) is 6.51. The number of rotatable bonds is 5. The fraction of sp³-hybridized carbons (Fsp3) is 0.167. The second kappa shape index (κ2) is 6.29. The smallest absolute Gasteiger partial charge is 0.356 e. The molecule has 0 aliphatic rings. The highest BCUT2D eigenvalue weighted by atomic mass is 79.9. The highest BCUT2D eigenvalue weighted by molar-refractivity contribution is 9.10. The van der Waals surface area contributed by atoms with E-state index in [0.717, 1.165) is 0 Å². The number of carbonyl (C=O) groups excluding carboxylic acids is 1. The Labute approximate surface area is 122 Å². The molecule has 0 aliphatic heterocycles. The van der Waals surface area contributed by atoms with Crippen molar-refractivity contribution < 1.29 is 14.7 Å². The minimum absolute atomic E-state index is 0.0219. The van der Waals surface area contributed by atoms with Gasteiger partial charge in [-0.25, -0.2) is 14.8 Å². The van der Waals surface area contributed by atoms with Crippen LogP contribution in [-0.4, -0.2) is 38.1 Å². The number of imidazole rings is 1. The van der Waals surface area contributed by atoms with Crippen molar-refractivity contribution in [3.05, 3.63) is 46.7 Å². The van der Waals surface area contributed by atoms with Crippen molar-refractivity contribution in [3.63, 3.8) is 0 Å². The Morgan fingerprint density at radius 1 is 1.40 bits per heavy atom. The summed E-state index contributed by atoms with van der Waals surface area (Å²) in [5, 5.41) is 11.5. The van der Waals surface area contributed by atoms with E-state index in [1.807, 2.05) is 0 Å². The molecule has 0 spiro atoms. The Kier molecular flexibility index (Phi) is 4.46. The van der Waals surface area contributed by atoms with Gasteiger partial charge in [0, 0.05) is 25.5 Å². The number of carboxylic acids is 1. The highest BCUT2D eigenvalue weighted by Gasteiger charge is 2.10. The molecule has 104 valence electrons. The Balaban J connectivity index is 1.88. The molecule has 2 heterocycles. The van der Waals surface area contributed by atoms with Gasteiger partial charge in [0.05, 0.1) is 11.9 Å². The zero-order valence-electron chi connectivity index (χ0n) is 10.3. The molecular formula is C12H11BrN4O3. The lowest BCUT2D eigenvalue weighted by Crippen LogP contribution is -2.27. The summed E-state index contributed by atoms with van der Waals surface area (Å²) in [6, 6.07) is 3.33. The number of carbonyl (C=O) groups is 2. The minimum Gasteiger partial charge on any atom is -0.476 e. The molecule has 7 nitrogen and oxygen atoms in total. The van der Waals surface area contributed by atoms with E-state index in [2.05, 4.69) is 31.2 Å². The van der Waals surface area contributed by atoms with E-state index in [1.54, 1.807) is 22.9 Å². The third kappa shape index (κ3) is 3.41. The van der Waals surface area contributed by atoms with Crippen LogP contribution in [0.15, 0.2) is 35.5 Å². The summed E-state index contributed by atoms with van der Waals surface area (Å²) in [4.78, 5) is 30.2. The number of hydrogen-bond acceptors (Lipinski definition) is 4. The standard InChI is InChI=1S/C12H11BrN4O3/c13-10-8(2-1-3-14-10)11(18)15-4-5-17-6-9(12(19)20)16-7-17/h1-3,6-7H,4-5H2,(H,15,18)(H,19,20). The number of amides is 1. The molecule has 0 radical (unpaired) electrons. The quantitative estimate of drug-likeness (QED) is 0.797. The lowest BCUT2D eigenvalue weighted by Gasteiger charge is -2.06. The van der Waals surface area contributed by atoms with Crippen LogP contribution in [0.3, 0.4) is 0 Å². The largest absolute Gasteiger partial charge is 0.476 e. The number of hydrogen-bond donors (Lipinski definition) is 2. The fourth-order valence-corrected chi connectivity index (χ4v) is 1.97. The molecule has 0 saturated carbocycles. The van der Waals surface area contributed by atoms with Crippen LogP contribution in [0.25, 0.3) is 0 Å². The number of halogens is 1. The van der Waals surface area contributed by atoms with Crippen LogP contribution in [-0.2, 0) is 6.54 Å². The number of aromatic nitrogens is 3. The van der Waals surface area contributed by atoms with Crippen molar-refractivity contribution in [1.82, 2.24) is 19.9 Å². The summed E-state index contributed by atoms with van der Waals surface area (Å²) in [6.45, 7) is 0.791. The summed E-state index contributed by atoms with van der Waals surface area (Å²) in [5.74, 6) is -1.32. The van der Waals surface area contributed by atoms with Gasteiger partial charge in [0.15, 0.2) is 5.69 Å². The zero-order chi connectivity index (χ0) is 14.5. The molecule has 0 aromatic carbocycles. The van der Waals surface area contributed by atoms with Crippen molar-refractivity contribution in [2.45, 2.75) is 6.54 Å². The zero-order valence-corrected chi connectivity index (χ0v) is 11.9. The lowest BCUT2D eigenvalue weighted by molar-refractivity contribution is 0.0690. The van der Waals surface area contributed by atoms with Crippen molar-refractivity contribution in [2.24, 2.45) is 0 Å². The molecule has 2 rings (SSSR count). The molecule has 0 atom stereocenters. The van der Waals surface area contributed by atoms with E-state index in [-0.39, 0.29) is 11.6 Å². The van der Waals surface area contributed by atoms with Crippen LogP contribution >= 0.6 is 15.9 Å². The van der Waals surface area contributed by atoms with Gasteiger partial charge in [-0.15, -0.1) is 0 Å². The van der Waals surface area contributed by atoms with Gasteiger partial charge in [0.2, 0.25) is 0 Å². The van der Waals surface area contributed by atoms with Crippen LogP contribution in [0.2, 0.25) is 0 Å². The summed E-state index contributed by atoms with van der Waals surface area (Å²) in [7, 11) is 0. The highest BCUT2D eigenvalue weighted by Crippen LogP contribution is 2.11. The molecule has 0 aliphatic carbocycles. The number of pyridine rings is 1. The number of carboxylic acid groups (broad SMARTS) is 1. The van der Waals surface area contributed by atoms with Crippen LogP contribution in [0.5, 0.6) is 0 Å². The fourth-order valence-electron chi connectivity index (χ4n) is 1.54. The molecular weight excluding hydrogens is 328 g/mol. The van der Waals surface area contributed by atoms with Crippen molar-refractivity contribution in [1.29, 1.82) is 0 Å². The number of nitrogens with one attached hydrogen (secondary N) is 1. The van der Waals surface area contributed by atoms with Gasteiger partial charge in [-0.3, -0.25) is 4.79 Å². The van der Waals surface area contributed by atoms with E-state index in [0.29, 0.717) is 23.3 Å². The van der Waals surface area contributed by atoms with E-state index in [9.17, 15) is 9.59 Å². The predicted molar refractivity (Wildman–Crippen MR) is 73.5 cm³/mol. The normalized spacial score (nSPS) is 10.2. The summed E-state index contributed by atoms with van der Waals surface area (Å²) in [5.41, 5.74) is 0.427. The van der Waals surface area contributed by atoms with Gasteiger partial charge in [-0.1, -0.05) is 0 Å². The topological polar surface area (TPSA) is 97.1 Å². The first-order valence-electron chi connectivity index (χ1n) is 5.71. The second-order valence-corrected chi connectivity index (χ2v) is 4.65. The summed E-state index contributed by atoms with van der Waals surface area (Å²) in [6.07, 6.45) is 4.41. The number of nitrogens with zero attached hydrogens (tertiary/aromatic N) is 3. The lowest BCUT2D eigenvalue weighted by atomic mass is 10.3. The Hall–Kier alpha value is -2.22. The molecule has 0 fully saturated rings. The number of aromatic carboxylic acids is 1. The summed E-state index contributed by atoms with van der Waals surface area (Å²) >= 11 is 3.20. The molecule has 8 heteroatoms. The van der Waals surface area contributed by atoms with Gasteiger partial charge in [0.25, 0.3) is 5.91 Å². The van der Waals surface area contributed by atoms with Crippen LogP contribution < -0.4 is 5.32 Å². The van der Waals surface area contributed by atoms with Gasteiger partial charge >= 0.3 is 5.97 Å². The third-order valence-corrected chi connectivity index (χ3v) is 3.14. The molecule has 2 aromatic rings. The minimum atomic E-state index is -1.08. The monoisotopic (exact) mass is 338 g/mol. The van der Waals surface area contributed by atoms with Crippen LogP contribution in [0.1, 0.15) is 20.8 Å². The van der Waals surface area contributed by atoms with Crippen LogP contribution in [0.4, 0.5) is 0 Å². The maximum Gasteiger partial charge on any atom is 0.356 e. The van der Waals surface area contributed by atoms with Crippen LogP contribution in [0, 0.1) is 0 Å². The first-order chi connectivity index (χ1) is 9.58. The SMILES string of the molecule is O=C(O)c1cn(CCNC(=O)c2cccnc2Br)cn1. The van der Waals surface area contributed by atoms with Gasteiger partial charge < -0.3 is 15.0 Å². The van der Waals surface area contributed by atoms with E-state index >= 15 is 0 Å². The van der Waals surface area contributed by atoms with Crippen molar-refractivity contribution in [3.8, 4) is 0 Å². The summed E-state index contributed by atoms with van der Waals surface area (Å²) < 4.78 is 2.08. The van der Waals surface area contributed by atoms with E-state index in [4.69, 9.17) is 5.11 Å². The maximum absolute atomic E-state index is 11.9. The van der Waals surface area contributed by atoms with Gasteiger partial charge in [-0.05, 0) is 28.1 Å². The maximum atomic E-state index is 11.9. The molecule has 0 saturated heterocycles. The van der Waals surface area contributed by atoms with Crippen molar-refractivity contribution in [2.75, 3.05) is 6.54 Å². The van der Waals surface area contributed by atoms with Gasteiger partial charge in [0.1, 0.15) is 4.60 Å². The first kappa shape index (κ1) is 14.2. The third-order valence-electron chi connectivity index (χ3n) is 2.51. The molecule has 0 unspecified atom stereocenters. The van der Waals surface area contributed by atoms with Gasteiger partial charge in [-0.2, -0.15) is 0 Å². The Morgan fingerprint density at radius 2 is 2.20 bits per heavy atom. The molecule has 2 N–H and O–H groups in total. The Bertz CT molecular complexity index is 641. The average molecular weight is 339 g/mol. The second-order valence-electron chi connectivity index (χ2n) is 3.90.